The highest BCUT2D eigenvalue weighted by Crippen LogP contribution is 2.32. The molecule has 3 aromatic rings. The molecule has 0 aliphatic carbocycles. The number of carbonyl (C=O) groups excluding carboxylic acids is 1. The van der Waals surface area contributed by atoms with Crippen LogP contribution in [0.5, 0.6) is 5.75 Å². The Morgan fingerprint density at radius 2 is 2.07 bits per heavy atom. The number of amides is 1. The van der Waals surface area contributed by atoms with Crippen molar-refractivity contribution < 1.29 is 18.7 Å². The zero-order valence-corrected chi connectivity index (χ0v) is 16.5. The minimum atomic E-state index is -0.467. The third-order valence-electron chi connectivity index (χ3n) is 4.87. The van der Waals surface area contributed by atoms with Gasteiger partial charge in [-0.1, -0.05) is 0 Å². The van der Waals surface area contributed by atoms with E-state index in [1.807, 2.05) is 13.0 Å². The normalized spacial score (nSPS) is 14.0. The van der Waals surface area contributed by atoms with Gasteiger partial charge >= 0.3 is 0 Å². The Morgan fingerprint density at radius 1 is 1.27 bits per heavy atom. The maximum absolute atomic E-state index is 13.9. The van der Waals surface area contributed by atoms with Crippen LogP contribution in [0.4, 0.5) is 21.6 Å². The number of ether oxygens (including phenoxy) is 2. The van der Waals surface area contributed by atoms with Crippen LogP contribution >= 0.6 is 0 Å². The maximum Gasteiger partial charge on any atom is 0.260 e. The molecule has 30 heavy (non-hydrogen) atoms. The average Bonchev–Trinajstić information content (AvgIpc) is 2.74. The first-order chi connectivity index (χ1) is 14.5. The number of anilines is 3. The van der Waals surface area contributed by atoms with Gasteiger partial charge in [0.25, 0.3) is 5.91 Å². The highest BCUT2D eigenvalue weighted by atomic mass is 19.1. The number of nitrogens with zero attached hydrogens (tertiary/aromatic N) is 3. The van der Waals surface area contributed by atoms with E-state index in [-0.39, 0.29) is 18.3 Å². The Bertz CT molecular complexity index is 1090. The molecule has 9 heteroatoms. The Labute approximate surface area is 172 Å². The van der Waals surface area contributed by atoms with E-state index in [0.29, 0.717) is 49.0 Å². The van der Waals surface area contributed by atoms with Crippen molar-refractivity contribution in [2.24, 2.45) is 0 Å². The van der Waals surface area contributed by atoms with Crippen LogP contribution in [-0.4, -0.2) is 53.7 Å². The molecule has 0 bridgehead atoms. The highest BCUT2D eigenvalue weighted by Gasteiger charge is 2.18. The summed E-state index contributed by atoms with van der Waals surface area (Å²) in [6.45, 7) is 3.76. The second kappa shape index (κ2) is 8.50. The van der Waals surface area contributed by atoms with Gasteiger partial charge in [0.1, 0.15) is 23.7 Å². The molecule has 2 heterocycles. The largest absolute Gasteiger partial charge is 0.481 e. The zero-order valence-electron chi connectivity index (χ0n) is 16.5. The van der Waals surface area contributed by atoms with Crippen molar-refractivity contribution in [2.45, 2.75) is 6.92 Å². The smallest absolute Gasteiger partial charge is 0.260 e. The molecule has 0 atom stereocenters. The number of hydrogen-bond donors (Lipinski definition) is 2. The quantitative estimate of drug-likeness (QED) is 0.622. The summed E-state index contributed by atoms with van der Waals surface area (Å²) in [5.41, 5.74) is 8.60. The topological polar surface area (TPSA) is 103 Å². The Hall–Kier alpha value is -3.46. The van der Waals surface area contributed by atoms with E-state index in [4.69, 9.17) is 15.2 Å². The van der Waals surface area contributed by atoms with Crippen LogP contribution in [0.1, 0.15) is 5.56 Å². The number of carbonyl (C=O) groups is 1. The second-order valence-corrected chi connectivity index (χ2v) is 7.00. The zero-order chi connectivity index (χ0) is 21.1. The SMILES string of the molecule is Cc1cc(N)cc2ncnc(Nc3ccc(F)cc3OCC(=O)N3CCOCC3)c12. The van der Waals surface area contributed by atoms with Crippen LogP contribution in [0.15, 0.2) is 36.7 Å². The third-order valence-corrected chi connectivity index (χ3v) is 4.87. The average molecular weight is 411 g/mol. The summed E-state index contributed by atoms with van der Waals surface area (Å²) in [6, 6.07) is 7.69. The van der Waals surface area contributed by atoms with Crippen LogP contribution in [0.25, 0.3) is 10.9 Å². The number of hydrogen-bond acceptors (Lipinski definition) is 7. The minimum Gasteiger partial charge on any atom is -0.481 e. The lowest BCUT2D eigenvalue weighted by molar-refractivity contribution is -0.137. The Kier molecular flexibility index (Phi) is 5.62. The number of fused-ring (bicyclic) bond motifs is 1. The lowest BCUT2D eigenvalue weighted by atomic mass is 10.1. The van der Waals surface area contributed by atoms with Crippen LogP contribution in [0.3, 0.4) is 0 Å². The second-order valence-electron chi connectivity index (χ2n) is 7.00. The van der Waals surface area contributed by atoms with Gasteiger partial charge in [0.05, 0.1) is 24.4 Å². The first-order valence-corrected chi connectivity index (χ1v) is 9.57. The van der Waals surface area contributed by atoms with Crippen molar-refractivity contribution in [2.75, 3.05) is 44.0 Å². The van der Waals surface area contributed by atoms with Gasteiger partial charge in [0.2, 0.25) is 0 Å². The van der Waals surface area contributed by atoms with Gasteiger partial charge in [-0.05, 0) is 36.8 Å². The molecule has 0 radical (unpaired) electrons. The number of rotatable bonds is 5. The molecule has 2 aromatic carbocycles. The van der Waals surface area contributed by atoms with Gasteiger partial charge < -0.3 is 25.4 Å². The predicted molar refractivity (Wildman–Crippen MR) is 111 cm³/mol. The van der Waals surface area contributed by atoms with Crippen molar-refractivity contribution in [3.63, 3.8) is 0 Å². The molecular formula is C21H22FN5O3. The molecule has 4 rings (SSSR count). The van der Waals surface area contributed by atoms with Gasteiger partial charge in [-0.25, -0.2) is 14.4 Å². The Balaban J connectivity index is 1.58. The van der Waals surface area contributed by atoms with Crippen molar-refractivity contribution in [3.8, 4) is 5.75 Å². The fraction of sp³-hybridized carbons (Fsp3) is 0.286. The molecule has 3 N–H and O–H groups in total. The minimum absolute atomic E-state index is 0.174. The first-order valence-electron chi connectivity index (χ1n) is 9.57. The van der Waals surface area contributed by atoms with Gasteiger partial charge in [-0.2, -0.15) is 0 Å². The number of nitrogen functional groups attached to an aromatic ring is 1. The summed E-state index contributed by atoms with van der Waals surface area (Å²) in [5, 5.41) is 3.98. The molecule has 1 aliphatic rings. The molecule has 1 fully saturated rings. The summed E-state index contributed by atoms with van der Waals surface area (Å²) < 4.78 is 24.8. The number of halogens is 1. The van der Waals surface area contributed by atoms with Crippen LogP contribution in [0, 0.1) is 12.7 Å². The van der Waals surface area contributed by atoms with Gasteiger partial charge in [-0.3, -0.25) is 4.79 Å². The number of benzene rings is 2. The van der Waals surface area contributed by atoms with E-state index in [9.17, 15) is 9.18 Å². The molecule has 0 saturated carbocycles. The molecule has 0 unspecified atom stereocenters. The number of morpholine rings is 1. The summed E-state index contributed by atoms with van der Waals surface area (Å²) >= 11 is 0. The molecule has 8 nitrogen and oxygen atoms in total. The molecule has 1 saturated heterocycles. The monoisotopic (exact) mass is 411 g/mol. The van der Waals surface area contributed by atoms with Gasteiger partial charge in [-0.15, -0.1) is 0 Å². The summed E-state index contributed by atoms with van der Waals surface area (Å²) in [6.07, 6.45) is 1.43. The summed E-state index contributed by atoms with van der Waals surface area (Å²) in [5.74, 6) is 0.114. The number of nitrogens with two attached hydrogens (primary N) is 1. The lowest BCUT2D eigenvalue weighted by Gasteiger charge is -2.26. The lowest BCUT2D eigenvalue weighted by Crippen LogP contribution is -2.43. The summed E-state index contributed by atoms with van der Waals surface area (Å²) in [7, 11) is 0. The Morgan fingerprint density at radius 3 is 2.87 bits per heavy atom. The molecule has 156 valence electrons. The maximum atomic E-state index is 13.9. The molecule has 1 aromatic heterocycles. The number of aromatic nitrogens is 2. The molecule has 1 amide bonds. The van der Waals surface area contributed by atoms with E-state index in [1.165, 1.54) is 18.5 Å². The fourth-order valence-corrected chi connectivity index (χ4v) is 3.40. The van der Waals surface area contributed by atoms with Crippen molar-refractivity contribution in [3.05, 3.63) is 48.0 Å². The van der Waals surface area contributed by atoms with Crippen LogP contribution < -0.4 is 15.8 Å². The van der Waals surface area contributed by atoms with Crippen molar-refractivity contribution in [1.29, 1.82) is 0 Å². The third kappa shape index (κ3) is 4.25. The van der Waals surface area contributed by atoms with Gasteiger partial charge in [0.15, 0.2) is 6.61 Å². The highest BCUT2D eigenvalue weighted by molar-refractivity contribution is 5.95. The molecule has 0 spiro atoms. The van der Waals surface area contributed by atoms with E-state index in [2.05, 4.69) is 15.3 Å². The number of nitrogens with one attached hydrogen (secondary N) is 1. The van der Waals surface area contributed by atoms with E-state index >= 15 is 0 Å². The molecular weight excluding hydrogens is 389 g/mol. The van der Waals surface area contributed by atoms with Crippen LogP contribution in [0.2, 0.25) is 0 Å². The van der Waals surface area contributed by atoms with Crippen molar-refractivity contribution >= 4 is 34.0 Å². The van der Waals surface area contributed by atoms with Crippen molar-refractivity contribution in [1.82, 2.24) is 14.9 Å². The first kappa shape index (κ1) is 19.8. The standard InChI is InChI=1S/C21H22FN5O3/c1-13-8-15(23)10-17-20(13)21(25-12-24-17)26-16-3-2-14(22)9-18(16)30-11-19(28)27-4-6-29-7-5-27/h2-3,8-10,12H,4-7,11,23H2,1H3,(H,24,25,26). The van der Waals surface area contributed by atoms with E-state index in [1.54, 1.807) is 17.0 Å². The van der Waals surface area contributed by atoms with Crippen LogP contribution in [-0.2, 0) is 9.53 Å². The van der Waals surface area contributed by atoms with Gasteiger partial charge in [0, 0.05) is 30.2 Å². The predicted octanol–water partition coefficient (Wildman–Crippen LogP) is 2.64. The van der Waals surface area contributed by atoms with E-state index in [0.717, 1.165) is 10.9 Å². The fourth-order valence-electron chi connectivity index (χ4n) is 3.40. The number of aryl methyl sites for hydroxylation is 1. The summed E-state index contributed by atoms with van der Waals surface area (Å²) in [4.78, 5) is 22.6. The molecule has 1 aliphatic heterocycles. The van der Waals surface area contributed by atoms with E-state index < -0.39 is 5.82 Å².